The summed E-state index contributed by atoms with van der Waals surface area (Å²) in [5.74, 6) is 1.55. The second-order valence-electron chi connectivity index (χ2n) is 6.33. The highest BCUT2D eigenvalue weighted by molar-refractivity contribution is 5.77. The van der Waals surface area contributed by atoms with E-state index >= 15 is 0 Å². The third-order valence-electron chi connectivity index (χ3n) is 3.36. The molecule has 1 aliphatic carbocycles. The van der Waals surface area contributed by atoms with Gasteiger partial charge in [0.15, 0.2) is 0 Å². The Kier molecular flexibility index (Phi) is 5.44. The highest BCUT2D eigenvalue weighted by Gasteiger charge is 2.19. The number of nitrogens with one attached hydrogen (secondary N) is 1. The molecule has 17 heavy (non-hydrogen) atoms. The van der Waals surface area contributed by atoms with E-state index in [9.17, 15) is 4.79 Å². The zero-order chi connectivity index (χ0) is 12.9. The number of amides is 1. The summed E-state index contributed by atoms with van der Waals surface area (Å²) in [6.07, 6.45) is 5.11. The second kappa shape index (κ2) is 6.39. The van der Waals surface area contributed by atoms with Crippen molar-refractivity contribution in [3.63, 3.8) is 0 Å². The second-order valence-corrected chi connectivity index (χ2v) is 6.33. The molecule has 0 bridgehead atoms. The Hall–Kier alpha value is -0.570. The monoisotopic (exact) mass is 241 g/mol. The Morgan fingerprint density at radius 2 is 1.82 bits per heavy atom. The predicted molar refractivity (Wildman–Crippen MR) is 69.8 cm³/mol. The first-order valence-electron chi connectivity index (χ1n) is 6.77. The molecule has 0 atom stereocenters. The van der Waals surface area contributed by atoms with E-state index in [0.717, 1.165) is 12.5 Å². The van der Waals surface area contributed by atoms with Gasteiger partial charge >= 0.3 is 0 Å². The zero-order valence-corrected chi connectivity index (χ0v) is 11.7. The first-order valence-corrected chi connectivity index (χ1v) is 6.77. The summed E-state index contributed by atoms with van der Waals surface area (Å²) in [5.41, 5.74) is -0.238. The molecular formula is C14H27NO2. The Morgan fingerprint density at radius 3 is 2.35 bits per heavy atom. The molecular weight excluding hydrogens is 214 g/mol. The van der Waals surface area contributed by atoms with E-state index < -0.39 is 0 Å². The Balaban J connectivity index is 2.11. The molecule has 1 rings (SSSR count). The standard InChI is InChI=1S/C14H27NO2/c1-11-5-7-12(8-6-11)9-15-13(16)10-17-14(2,3)4/h11-12H,5-10H2,1-4H3,(H,15,16). The first-order chi connectivity index (χ1) is 7.87. The van der Waals surface area contributed by atoms with Crippen molar-refractivity contribution in [2.45, 2.75) is 59.0 Å². The SMILES string of the molecule is CC1CCC(CNC(=O)COC(C)(C)C)CC1. The summed E-state index contributed by atoms with van der Waals surface area (Å²) in [6.45, 7) is 9.19. The predicted octanol–water partition coefficient (Wildman–Crippen LogP) is 2.74. The van der Waals surface area contributed by atoms with Crippen LogP contribution in [0, 0.1) is 11.8 Å². The highest BCUT2D eigenvalue weighted by Crippen LogP contribution is 2.27. The van der Waals surface area contributed by atoms with Gasteiger partial charge in [0.1, 0.15) is 6.61 Å². The van der Waals surface area contributed by atoms with Gasteiger partial charge in [0.05, 0.1) is 5.60 Å². The van der Waals surface area contributed by atoms with E-state index in [-0.39, 0.29) is 18.1 Å². The molecule has 0 spiro atoms. The smallest absolute Gasteiger partial charge is 0.246 e. The molecule has 1 aliphatic rings. The maximum absolute atomic E-state index is 11.6. The van der Waals surface area contributed by atoms with Gasteiger partial charge in [-0.3, -0.25) is 4.79 Å². The summed E-state index contributed by atoms with van der Waals surface area (Å²) in [4.78, 5) is 11.6. The molecule has 1 saturated carbocycles. The van der Waals surface area contributed by atoms with Crippen molar-refractivity contribution >= 4 is 5.91 Å². The average Bonchev–Trinajstić information content (AvgIpc) is 2.25. The van der Waals surface area contributed by atoms with Crippen LogP contribution in [0.1, 0.15) is 53.4 Å². The van der Waals surface area contributed by atoms with Crippen LogP contribution in [0.3, 0.4) is 0 Å². The molecule has 1 amide bonds. The molecule has 3 nitrogen and oxygen atoms in total. The van der Waals surface area contributed by atoms with E-state index in [1.165, 1.54) is 25.7 Å². The maximum atomic E-state index is 11.6. The third kappa shape index (κ3) is 6.67. The van der Waals surface area contributed by atoms with Gasteiger partial charge in [-0.15, -0.1) is 0 Å². The van der Waals surface area contributed by atoms with Gasteiger partial charge in [-0.25, -0.2) is 0 Å². The minimum Gasteiger partial charge on any atom is -0.366 e. The van der Waals surface area contributed by atoms with Crippen LogP contribution in [0.2, 0.25) is 0 Å². The molecule has 0 radical (unpaired) electrons. The van der Waals surface area contributed by atoms with E-state index in [1.54, 1.807) is 0 Å². The largest absolute Gasteiger partial charge is 0.366 e. The van der Waals surface area contributed by atoms with E-state index in [0.29, 0.717) is 5.92 Å². The summed E-state index contributed by atoms with van der Waals surface area (Å²) in [5, 5.41) is 2.98. The van der Waals surface area contributed by atoms with Crippen molar-refractivity contribution in [3.8, 4) is 0 Å². The molecule has 1 N–H and O–H groups in total. The van der Waals surface area contributed by atoms with Crippen LogP contribution in [0.5, 0.6) is 0 Å². The van der Waals surface area contributed by atoms with E-state index in [2.05, 4.69) is 12.2 Å². The fourth-order valence-electron chi connectivity index (χ4n) is 2.12. The van der Waals surface area contributed by atoms with Gasteiger partial charge < -0.3 is 10.1 Å². The van der Waals surface area contributed by atoms with Crippen LogP contribution in [-0.4, -0.2) is 24.7 Å². The zero-order valence-electron chi connectivity index (χ0n) is 11.7. The third-order valence-corrected chi connectivity index (χ3v) is 3.36. The highest BCUT2D eigenvalue weighted by atomic mass is 16.5. The van der Waals surface area contributed by atoms with Gasteiger partial charge in [0.25, 0.3) is 0 Å². The number of rotatable bonds is 4. The summed E-state index contributed by atoms with van der Waals surface area (Å²) in [7, 11) is 0. The molecule has 1 fully saturated rings. The Morgan fingerprint density at radius 1 is 1.24 bits per heavy atom. The quantitative estimate of drug-likeness (QED) is 0.822. The molecule has 3 heteroatoms. The van der Waals surface area contributed by atoms with Crippen molar-refractivity contribution < 1.29 is 9.53 Å². The van der Waals surface area contributed by atoms with Crippen LogP contribution < -0.4 is 5.32 Å². The van der Waals surface area contributed by atoms with Gasteiger partial charge in [-0.1, -0.05) is 19.8 Å². The lowest BCUT2D eigenvalue weighted by Gasteiger charge is -2.26. The van der Waals surface area contributed by atoms with Crippen molar-refractivity contribution in [3.05, 3.63) is 0 Å². The van der Waals surface area contributed by atoms with Crippen molar-refractivity contribution in [1.29, 1.82) is 0 Å². The fourth-order valence-corrected chi connectivity index (χ4v) is 2.12. The van der Waals surface area contributed by atoms with Gasteiger partial charge in [0.2, 0.25) is 5.91 Å². The number of carbonyl (C=O) groups excluding carboxylic acids is 1. The number of hydrogen-bond donors (Lipinski definition) is 1. The number of ether oxygens (including phenoxy) is 1. The molecule has 0 saturated heterocycles. The molecule has 0 aliphatic heterocycles. The lowest BCUT2D eigenvalue weighted by Crippen LogP contribution is -2.35. The maximum Gasteiger partial charge on any atom is 0.246 e. The van der Waals surface area contributed by atoms with Gasteiger partial charge in [-0.05, 0) is 45.4 Å². The number of carbonyl (C=O) groups is 1. The minimum absolute atomic E-state index is 0.0125. The van der Waals surface area contributed by atoms with Crippen LogP contribution >= 0.6 is 0 Å². The molecule has 0 aromatic rings. The lowest BCUT2D eigenvalue weighted by molar-refractivity contribution is -0.130. The Bertz CT molecular complexity index is 237. The topological polar surface area (TPSA) is 38.3 Å². The van der Waals surface area contributed by atoms with Crippen molar-refractivity contribution in [2.75, 3.05) is 13.2 Å². The van der Waals surface area contributed by atoms with Crippen LogP contribution in [-0.2, 0) is 9.53 Å². The average molecular weight is 241 g/mol. The van der Waals surface area contributed by atoms with Crippen LogP contribution in [0.25, 0.3) is 0 Å². The van der Waals surface area contributed by atoms with Crippen molar-refractivity contribution in [1.82, 2.24) is 5.32 Å². The molecule has 0 heterocycles. The normalized spacial score (nSPS) is 25.6. The first kappa shape index (κ1) is 14.5. The van der Waals surface area contributed by atoms with E-state index in [1.807, 2.05) is 20.8 Å². The van der Waals surface area contributed by atoms with Gasteiger partial charge in [-0.2, -0.15) is 0 Å². The number of hydrogen-bond acceptors (Lipinski definition) is 2. The molecule has 0 aromatic carbocycles. The molecule has 100 valence electrons. The molecule has 0 unspecified atom stereocenters. The Labute approximate surface area is 105 Å². The van der Waals surface area contributed by atoms with E-state index in [4.69, 9.17) is 4.74 Å². The van der Waals surface area contributed by atoms with Gasteiger partial charge in [0, 0.05) is 6.54 Å². The van der Waals surface area contributed by atoms with Crippen molar-refractivity contribution in [2.24, 2.45) is 11.8 Å². The summed E-state index contributed by atoms with van der Waals surface area (Å²) >= 11 is 0. The molecule has 0 aromatic heterocycles. The minimum atomic E-state index is -0.238. The summed E-state index contributed by atoms with van der Waals surface area (Å²) in [6, 6.07) is 0. The van der Waals surface area contributed by atoms with Crippen LogP contribution in [0.15, 0.2) is 0 Å². The fraction of sp³-hybridized carbons (Fsp3) is 0.929. The lowest BCUT2D eigenvalue weighted by atomic mass is 9.83. The summed E-state index contributed by atoms with van der Waals surface area (Å²) < 4.78 is 5.44. The van der Waals surface area contributed by atoms with Crippen LogP contribution in [0.4, 0.5) is 0 Å².